The maximum atomic E-state index is 6.30. The number of morpholine rings is 1. The Kier molecular flexibility index (Phi) is 4.52. The summed E-state index contributed by atoms with van der Waals surface area (Å²) in [5, 5.41) is 0. The van der Waals surface area contributed by atoms with Crippen LogP contribution in [0.5, 0.6) is 0 Å². The van der Waals surface area contributed by atoms with Crippen molar-refractivity contribution in [3.63, 3.8) is 0 Å². The van der Waals surface area contributed by atoms with E-state index in [1.54, 1.807) is 0 Å². The lowest BCUT2D eigenvalue weighted by Crippen LogP contribution is -2.55. The van der Waals surface area contributed by atoms with Crippen LogP contribution in [0.15, 0.2) is 24.3 Å². The maximum absolute atomic E-state index is 6.30. The fourth-order valence-electron chi connectivity index (χ4n) is 3.42. The molecule has 3 nitrogen and oxygen atoms in total. The molecule has 1 aromatic rings. The smallest absolute Gasteiger partial charge is 0.0757 e. The number of hydrogen-bond acceptors (Lipinski definition) is 3. The highest BCUT2D eigenvalue weighted by molar-refractivity contribution is 5.26. The Labute approximate surface area is 123 Å². The maximum Gasteiger partial charge on any atom is 0.0757 e. The van der Waals surface area contributed by atoms with Crippen LogP contribution in [0.2, 0.25) is 0 Å². The van der Waals surface area contributed by atoms with Crippen LogP contribution in [0.3, 0.4) is 0 Å². The average molecular weight is 276 g/mol. The minimum Gasteiger partial charge on any atom is -0.370 e. The number of nitrogens with two attached hydrogens (primary N) is 1. The third-order valence-electron chi connectivity index (χ3n) is 3.87. The molecular weight excluding hydrogens is 248 g/mol. The molecule has 2 N–H and O–H groups in total. The predicted molar refractivity (Wildman–Crippen MR) is 83.8 cm³/mol. The van der Waals surface area contributed by atoms with Gasteiger partial charge >= 0.3 is 0 Å². The highest BCUT2D eigenvalue weighted by atomic mass is 16.5. The van der Waals surface area contributed by atoms with Crippen molar-refractivity contribution in [1.29, 1.82) is 0 Å². The molecule has 1 aliphatic heterocycles. The first kappa shape index (κ1) is 15.5. The van der Waals surface area contributed by atoms with Gasteiger partial charge in [-0.05, 0) is 40.2 Å². The first-order valence-corrected chi connectivity index (χ1v) is 7.52. The second-order valence-electron chi connectivity index (χ2n) is 6.84. The summed E-state index contributed by atoms with van der Waals surface area (Å²) in [6, 6.07) is 9.04. The number of rotatable bonds is 3. The molecule has 3 heteroatoms. The highest BCUT2D eigenvalue weighted by Gasteiger charge is 2.36. The summed E-state index contributed by atoms with van der Waals surface area (Å²) in [7, 11) is 0. The first-order chi connectivity index (χ1) is 9.28. The molecule has 1 aromatic carbocycles. The predicted octanol–water partition coefficient (Wildman–Crippen LogP) is 2.88. The Balaban J connectivity index is 2.29. The van der Waals surface area contributed by atoms with Gasteiger partial charge in [-0.25, -0.2) is 0 Å². The minimum absolute atomic E-state index is 0.0953. The molecule has 3 unspecified atom stereocenters. The summed E-state index contributed by atoms with van der Waals surface area (Å²) in [6.07, 6.45) is 0.241. The molecule has 0 saturated carbocycles. The second kappa shape index (κ2) is 5.84. The summed E-state index contributed by atoms with van der Waals surface area (Å²) >= 11 is 0. The lowest BCUT2D eigenvalue weighted by molar-refractivity contribution is -0.139. The third-order valence-corrected chi connectivity index (χ3v) is 3.87. The largest absolute Gasteiger partial charge is 0.370 e. The van der Waals surface area contributed by atoms with Gasteiger partial charge in [-0.3, -0.25) is 4.90 Å². The minimum atomic E-state index is -0.116. The standard InChI is InChI=1S/C17H28N2O/c1-12-7-6-8-15(9-12)16(14(3)18)19-10-13(2)20-17(4,5)11-19/h6-9,13-14,16H,10-11,18H2,1-5H3. The van der Waals surface area contributed by atoms with Crippen molar-refractivity contribution in [3.8, 4) is 0 Å². The molecule has 1 aliphatic rings. The van der Waals surface area contributed by atoms with Crippen molar-refractivity contribution >= 4 is 0 Å². The fourth-order valence-corrected chi connectivity index (χ4v) is 3.42. The molecule has 1 fully saturated rings. The van der Waals surface area contributed by atoms with Crippen LogP contribution in [0.25, 0.3) is 0 Å². The van der Waals surface area contributed by atoms with Crippen molar-refractivity contribution in [2.75, 3.05) is 13.1 Å². The lowest BCUT2D eigenvalue weighted by Gasteiger charge is -2.46. The van der Waals surface area contributed by atoms with Crippen LogP contribution in [-0.2, 0) is 4.74 Å². The molecule has 1 heterocycles. The van der Waals surface area contributed by atoms with E-state index in [2.05, 4.69) is 63.8 Å². The number of aryl methyl sites for hydroxylation is 1. The number of nitrogens with zero attached hydrogens (tertiary/aromatic N) is 1. The Hall–Kier alpha value is -0.900. The van der Waals surface area contributed by atoms with E-state index in [1.165, 1.54) is 11.1 Å². The van der Waals surface area contributed by atoms with Gasteiger partial charge in [0, 0.05) is 25.2 Å². The highest BCUT2D eigenvalue weighted by Crippen LogP contribution is 2.31. The van der Waals surface area contributed by atoms with Gasteiger partial charge in [0.25, 0.3) is 0 Å². The van der Waals surface area contributed by atoms with Gasteiger partial charge in [0.1, 0.15) is 0 Å². The molecule has 20 heavy (non-hydrogen) atoms. The monoisotopic (exact) mass is 276 g/mol. The number of benzene rings is 1. The van der Waals surface area contributed by atoms with Gasteiger partial charge in [-0.2, -0.15) is 0 Å². The van der Waals surface area contributed by atoms with Crippen molar-refractivity contribution in [3.05, 3.63) is 35.4 Å². The molecule has 0 bridgehead atoms. The van der Waals surface area contributed by atoms with Crippen LogP contribution in [-0.4, -0.2) is 35.7 Å². The number of ether oxygens (including phenoxy) is 1. The normalized spacial score (nSPS) is 26.2. The summed E-state index contributed by atoms with van der Waals surface area (Å²) in [5.41, 5.74) is 8.78. The van der Waals surface area contributed by atoms with Crippen LogP contribution >= 0.6 is 0 Å². The molecule has 0 amide bonds. The fraction of sp³-hybridized carbons (Fsp3) is 0.647. The van der Waals surface area contributed by atoms with E-state index in [-0.39, 0.29) is 23.8 Å². The van der Waals surface area contributed by atoms with Gasteiger partial charge in [0.2, 0.25) is 0 Å². The van der Waals surface area contributed by atoms with Gasteiger partial charge in [-0.1, -0.05) is 29.8 Å². The van der Waals surface area contributed by atoms with E-state index in [0.29, 0.717) is 0 Å². The zero-order chi connectivity index (χ0) is 14.9. The Morgan fingerprint density at radius 1 is 1.40 bits per heavy atom. The van der Waals surface area contributed by atoms with Crippen molar-refractivity contribution in [2.24, 2.45) is 5.73 Å². The molecule has 0 aliphatic carbocycles. The molecule has 1 saturated heterocycles. The van der Waals surface area contributed by atoms with E-state index in [9.17, 15) is 0 Å². The molecule has 112 valence electrons. The van der Waals surface area contributed by atoms with Gasteiger partial charge in [0.15, 0.2) is 0 Å². The molecule has 0 spiro atoms. The summed E-state index contributed by atoms with van der Waals surface area (Å²) in [6.45, 7) is 12.5. The summed E-state index contributed by atoms with van der Waals surface area (Å²) in [5.74, 6) is 0. The van der Waals surface area contributed by atoms with E-state index in [1.807, 2.05) is 0 Å². The van der Waals surface area contributed by atoms with Crippen molar-refractivity contribution in [1.82, 2.24) is 4.90 Å². The Morgan fingerprint density at radius 3 is 2.65 bits per heavy atom. The van der Waals surface area contributed by atoms with E-state index < -0.39 is 0 Å². The second-order valence-corrected chi connectivity index (χ2v) is 6.84. The zero-order valence-corrected chi connectivity index (χ0v) is 13.4. The SMILES string of the molecule is Cc1cccc(C(C(C)N)N2CC(C)OC(C)(C)C2)c1. The number of hydrogen-bond donors (Lipinski definition) is 1. The van der Waals surface area contributed by atoms with Crippen LogP contribution < -0.4 is 5.73 Å². The van der Waals surface area contributed by atoms with Crippen molar-refractivity contribution < 1.29 is 4.74 Å². The topological polar surface area (TPSA) is 38.5 Å². The first-order valence-electron chi connectivity index (χ1n) is 7.52. The van der Waals surface area contributed by atoms with E-state index >= 15 is 0 Å². The summed E-state index contributed by atoms with van der Waals surface area (Å²) in [4.78, 5) is 2.48. The van der Waals surface area contributed by atoms with E-state index in [4.69, 9.17) is 10.5 Å². The zero-order valence-electron chi connectivity index (χ0n) is 13.4. The van der Waals surface area contributed by atoms with Crippen LogP contribution in [0.4, 0.5) is 0 Å². The lowest BCUT2D eigenvalue weighted by atomic mass is 9.94. The Bertz CT molecular complexity index is 456. The molecule has 0 radical (unpaired) electrons. The van der Waals surface area contributed by atoms with Crippen LogP contribution in [0, 0.1) is 6.92 Å². The van der Waals surface area contributed by atoms with Crippen LogP contribution in [0.1, 0.15) is 44.9 Å². The molecule has 0 aromatic heterocycles. The van der Waals surface area contributed by atoms with Gasteiger partial charge < -0.3 is 10.5 Å². The van der Waals surface area contributed by atoms with Gasteiger partial charge in [-0.15, -0.1) is 0 Å². The Morgan fingerprint density at radius 2 is 2.10 bits per heavy atom. The summed E-state index contributed by atoms with van der Waals surface area (Å²) < 4.78 is 6.01. The average Bonchev–Trinajstić information content (AvgIpc) is 2.25. The van der Waals surface area contributed by atoms with E-state index in [0.717, 1.165) is 13.1 Å². The molecular formula is C17H28N2O. The molecule has 2 rings (SSSR count). The molecule has 3 atom stereocenters. The third kappa shape index (κ3) is 3.60. The van der Waals surface area contributed by atoms with Gasteiger partial charge in [0.05, 0.1) is 11.7 Å². The van der Waals surface area contributed by atoms with Crippen molar-refractivity contribution in [2.45, 2.75) is 58.4 Å². The quantitative estimate of drug-likeness (QED) is 0.922.